The lowest BCUT2D eigenvalue weighted by molar-refractivity contribution is -0.357. The lowest BCUT2D eigenvalue weighted by atomic mass is 9.97. The summed E-state index contributed by atoms with van der Waals surface area (Å²) in [5, 5.41) is 124. The number of phenols is 2. The summed E-state index contributed by atoms with van der Waals surface area (Å²) in [6.07, 6.45) is -25.5. The SMILES string of the molecule is COc1cc(-c2oc3cc(O[C@@H]4O[C@H](CO)[C@H](O)[C@H](O)[C@H]4O[C@@H]4O[C@H](CO)[C@H](O)[C@H](O)[C@H]4O)cc(O)c3c(=O)c2O[C@@H]2O[C@@H](C)[C@H](O)[C@@H](O)[C@@H]2O)ccc1O. The van der Waals surface area contributed by atoms with Crippen LogP contribution in [0.15, 0.2) is 39.5 Å². The minimum Gasteiger partial charge on any atom is -0.507 e. The molecule has 2 aromatic carbocycles. The van der Waals surface area contributed by atoms with Gasteiger partial charge in [-0.1, -0.05) is 0 Å². The second-order valence-electron chi connectivity index (χ2n) is 13.2. The first-order chi connectivity index (χ1) is 26.1. The fourth-order valence-electron chi connectivity index (χ4n) is 6.43. The van der Waals surface area contributed by atoms with Crippen LogP contribution < -0.4 is 19.6 Å². The van der Waals surface area contributed by atoms with Crippen LogP contribution in [0.4, 0.5) is 0 Å². The highest BCUT2D eigenvalue weighted by Crippen LogP contribution is 2.41. The summed E-state index contributed by atoms with van der Waals surface area (Å²) in [5.41, 5.74) is -1.35. The largest absolute Gasteiger partial charge is 0.507 e. The molecule has 304 valence electrons. The molecule has 3 aliphatic rings. The molecule has 0 saturated carbocycles. The number of aromatic hydroxyl groups is 2. The molecule has 0 bridgehead atoms. The third kappa shape index (κ3) is 7.65. The molecule has 3 fully saturated rings. The number of hydrogen-bond donors (Lipinski definition) is 12. The Bertz CT molecular complexity index is 1870. The predicted molar refractivity (Wildman–Crippen MR) is 178 cm³/mol. The van der Waals surface area contributed by atoms with Crippen LogP contribution in [-0.2, 0) is 18.9 Å². The van der Waals surface area contributed by atoms with E-state index in [-0.39, 0.29) is 34.2 Å². The van der Waals surface area contributed by atoms with Crippen molar-refractivity contribution in [1.82, 2.24) is 0 Å². The van der Waals surface area contributed by atoms with Crippen LogP contribution >= 0.6 is 0 Å². The van der Waals surface area contributed by atoms with E-state index >= 15 is 0 Å². The first-order valence-corrected chi connectivity index (χ1v) is 16.9. The van der Waals surface area contributed by atoms with Crippen molar-refractivity contribution in [3.8, 4) is 40.1 Å². The van der Waals surface area contributed by atoms with E-state index in [2.05, 4.69) is 0 Å². The molecule has 3 aromatic rings. The second kappa shape index (κ2) is 16.3. The molecule has 0 spiro atoms. The van der Waals surface area contributed by atoms with Crippen molar-refractivity contribution in [1.29, 1.82) is 0 Å². The Morgan fingerprint density at radius 3 is 1.95 bits per heavy atom. The van der Waals surface area contributed by atoms with Crippen LogP contribution in [0.1, 0.15) is 6.92 Å². The Balaban J connectivity index is 1.40. The molecule has 6 rings (SSSR count). The maximum Gasteiger partial charge on any atom is 0.239 e. The van der Waals surface area contributed by atoms with Crippen molar-refractivity contribution in [3.63, 3.8) is 0 Å². The van der Waals surface area contributed by atoms with Gasteiger partial charge in [0, 0.05) is 17.7 Å². The van der Waals surface area contributed by atoms with Gasteiger partial charge in [-0.2, -0.15) is 0 Å². The maximum atomic E-state index is 14.1. The van der Waals surface area contributed by atoms with Crippen LogP contribution in [0, 0.1) is 0 Å². The fourth-order valence-corrected chi connectivity index (χ4v) is 6.43. The Morgan fingerprint density at radius 1 is 0.673 bits per heavy atom. The zero-order chi connectivity index (χ0) is 40.0. The van der Waals surface area contributed by atoms with Gasteiger partial charge in [0.1, 0.15) is 83.5 Å². The van der Waals surface area contributed by atoms with Gasteiger partial charge in [-0.3, -0.25) is 4.79 Å². The van der Waals surface area contributed by atoms with Gasteiger partial charge in [0.2, 0.25) is 23.8 Å². The highest BCUT2D eigenvalue weighted by molar-refractivity contribution is 5.88. The van der Waals surface area contributed by atoms with Gasteiger partial charge in [0.25, 0.3) is 0 Å². The number of aliphatic hydroxyl groups excluding tert-OH is 10. The number of ether oxygens (including phenoxy) is 7. The van der Waals surface area contributed by atoms with Crippen molar-refractivity contribution in [2.75, 3.05) is 20.3 Å². The summed E-state index contributed by atoms with van der Waals surface area (Å²) in [6.45, 7) is -0.259. The summed E-state index contributed by atoms with van der Waals surface area (Å²) in [5.74, 6) is -2.48. The van der Waals surface area contributed by atoms with Crippen LogP contribution in [0.5, 0.6) is 28.7 Å². The molecule has 0 unspecified atom stereocenters. The Labute approximate surface area is 309 Å². The molecule has 21 nitrogen and oxygen atoms in total. The van der Waals surface area contributed by atoms with Gasteiger partial charge in [-0.25, -0.2) is 0 Å². The molecular formula is C34H42O21. The van der Waals surface area contributed by atoms with Gasteiger partial charge in [0.05, 0.1) is 26.4 Å². The van der Waals surface area contributed by atoms with E-state index in [4.69, 9.17) is 37.6 Å². The maximum absolute atomic E-state index is 14.1. The lowest BCUT2D eigenvalue weighted by Crippen LogP contribution is -2.65. The third-order valence-electron chi connectivity index (χ3n) is 9.61. The van der Waals surface area contributed by atoms with Crippen molar-refractivity contribution in [2.45, 2.75) is 99.0 Å². The van der Waals surface area contributed by atoms with Crippen molar-refractivity contribution < 1.29 is 98.9 Å². The average molecular weight is 787 g/mol. The van der Waals surface area contributed by atoms with E-state index in [1.807, 2.05) is 0 Å². The van der Waals surface area contributed by atoms with E-state index in [9.17, 15) is 66.1 Å². The minimum atomic E-state index is -1.94. The monoisotopic (exact) mass is 786 g/mol. The molecule has 1 aromatic heterocycles. The summed E-state index contributed by atoms with van der Waals surface area (Å²) in [6, 6.07) is 5.80. The molecule has 4 heterocycles. The highest BCUT2D eigenvalue weighted by Gasteiger charge is 2.51. The predicted octanol–water partition coefficient (Wildman–Crippen LogP) is -3.91. The van der Waals surface area contributed by atoms with Gasteiger partial charge in [-0.05, 0) is 25.1 Å². The lowest BCUT2D eigenvalue weighted by Gasteiger charge is -2.45. The van der Waals surface area contributed by atoms with E-state index in [0.717, 1.165) is 12.1 Å². The Morgan fingerprint density at radius 2 is 1.29 bits per heavy atom. The van der Waals surface area contributed by atoms with Gasteiger partial charge in [0.15, 0.2) is 29.7 Å². The first-order valence-electron chi connectivity index (χ1n) is 16.9. The number of hydrogen-bond acceptors (Lipinski definition) is 21. The first kappa shape index (κ1) is 40.7. The summed E-state index contributed by atoms with van der Waals surface area (Å²) >= 11 is 0. The molecule has 0 radical (unpaired) electrons. The summed E-state index contributed by atoms with van der Waals surface area (Å²) in [4.78, 5) is 14.1. The van der Waals surface area contributed by atoms with Crippen molar-refractivity contribution in [2.24, 2.45) is 0 Å². The van der Waals surface area contributed by atoms with Crippen LogP contribution in [0.2, 0.25) is 0 Å². The zero-order valence-corrected chi connectivity index (χ0v) is 29.0. The number of aliphatic hydroxyl groups is 10. The minimum absolute atomic E-state index is 0.0555. The van der Waals surface area contributed by atoms with Crippen LogP contribution in [0.25, 0.3) is 22.3 Å². The van der Waals surface area contributed by atoms with Crippen LogP contribution in [-0.4, -0.2) is 174 Å². The Hall–Kier alpha value is -3.91. The van der Waals surface area contributed by atoms with E-state index in [0.29, 0.717) is 0 Å². The summed E-state index contributed by atoms with van der Waals surface area (Å²) in [7, 11) is 1.26. The van der Waals surface area contributed by atoms with Gasteiger partial charge < -0.3 is 98.9 Å². The van der Waals surface area contributed by atoms with E-state index < -0.39 is 128 Å². The number of methoxy groups -OCH3 is 1. The van der Waals surface area contributed by atoms with Crippen molar-refractivity contribution in [3.05, 3.63) is 40.6 Å². The standard InChI is InChI=1S/C34H42O21/c1-10-20(39)24(43)27(46)32(49-10)54-30-23(42)19-14(38)6-12(7-16(19)51-29(30)11-3-4-13(37)15(5-11)48-2)50-34-31(26(45)22(41)18(9-36)53-34)55-33-28(47)25(44)21(40)17(8-35)52-33/h3-7,10,17-18,20-22,24-28,31-41,43-47H,8-9H2,1-2H3/t10-,17+,18+,20-,21-,22-,24+,25-,26-,27-,28+,31+,32-,33-,34+/m0/s1. The number of phenolic OH excluding ortho intramolecular Hbond substituents is 2. The number of rotatable bonds is 10. The number of benzene rings is 2. The van der Waals surface area contributed by atoms with Gasteiger partial charge in [-0.15, -0.1) is 0 Å². The molecule has 3 saturated heterocycles. The molecular weight excluding hydrogens is 744 g/mol. The molecule has 55 heavy (non-hydrogen) atoms. The van der Waals surface area contributed by atoms with Gasteiger partial charge >= 0.3 is 0 Å². The molecule has 12 N–H and O–H groups in total. The average Bonchev–Trinajstić information content (AvgIpc) is 3.16. The topological polar surface area (TPSA) is 338 Å². The molecule has 0 aliphatic carbocycles. The molecule has 3 aliphatic heterocycles. The normalized spacial score (nSPS) is 36.8. The third-order valence-corrected chi connectivity index (χ3v) is 9.61. The van der Waals surface area contributed by atoms with Crippen LogP contribution in [0.3, 0.4) is 0 Å². The van der Waals surface area contributed by atoms with E-state index in [1.165, 1.54) is 32.2 Å². The molecule has 21 heteroatoms. The zero-order valence-electron chi connectivity index (χ0n) is 29.0. The number of fused-ring (bicyclic) bond motifs is 1. The molecule has 0 amide bonds. The van der Waals surface area contributed by atoms with E-state index in [1.54, 1.807) is 0 Å². The second-order valence-corrected chi connectivity index (χ2v) is 13.2. The summed E-state index contributed by atoms with van der Waals surface area (Å²) < 4.78 is 45.1. The highest BCUT2D eigenvalue weighted by atomic mass is 16.8. The quantitative estimate of drug-likeness (QED) is 0.0934. The Kier molecular flexibility index (Phi) is 12.1. The fraction of sp³-hybridized carbons (Fsp3) is 0.559. The molecule has 15 atom stereocenters. The van der Waals surface area contributed by atoms with Crippen molar-refractivity contribution >= 4 is 11.0 Å². The smallest absolute Gasteiger partial charge is 0.239 e.